The number of hydrogen-bond acceptors (Lipinski definition) is 12. The largest absolute Gasteiger partial charge is 0.480 e. The van der Waals surface area contributed by atoms with E-state index < -0.39 is 24.0 Å². The fourth-order valence-electron chi connectivity index (χ4n) is 5.76. The van der Waals surface area contributed by atoms with E-state index in [1.807, 2.05) is 46.2 Å². The second kappa shape index (κ2) is 17.2. The topological polar surface area (TPSA) is 170 Å². The van der Waals surface area contributed by atoms with E-state index >= 15 is 0 Å². The van der Waals surface area contributed by atoms with Crippen LogP contribution in [-0.4, -0.2) is 144 Å². The molecule has 6 rings (SSSR count). The zero-order chi connectivity index (χ0) is 31.8. The summed E-state index contributed by atoms with van der Waals surface area (Å²) in [7, 11) is 0. The SMILES string of the molecule is C[C@H](C(=O)O)N1CCN2CCN([C@H](COC=O)C(=O)O)CCN(CC1)Cc1cccc(n1)-c1cnnn1Cc1cccc(n1)C2.[Lu]. The average Bonchev–Trinajstić information content (AvgIpc) is 3.48. The van der Waals surface area contributed by atoms with Gasteiger partial charge in [-0.3, -0.25) is 39.0 Å². The summed E-state index contributed by atoms with van der Waals surface area (Å²) < 4.78 is 6.72. The molecule has 3 aliphatic heterocycles. The van der Waals surface area contributed by atoms with Crippen molar-refractivity contribution in [3.8, 4) is 11.4 Å². The average molecular weight is 797 g/mol. The van der Waals surface area contributed by atoms with Gasteiger partial charge in [-0.25, -0.2) is 9.67 Å². The first kappa shape index (κ1) is 35.8. The third kappa shape index (κ3) is 9.49. The summed E-state index contributed by atoms with van der Waals surface area (Å²) in [6.07, 6.45) is 1.68. The van der Waals surface area contributed by atoms with Gasteiger partial charge in [-0.05, 0) is 31.2 Å². The molecule has 3 aromatic rings. The van der Waals surface area contributed by atoms with Crippen molar-refractivity contribution in [2.45, 2.75) is 38.6 Å². The van der Waals surface area contributed by atoms with Gasteiger partial charge in [-0.1, -0.05) is 17.3 Å². The van der Waals surface area contributed by atoms with E-state index in [4.69, 9.17) is 14.7 Å². The molecule has 3 aliphatic rings. The van der Waals surface area contributed by atoms with Crippen LogP contribution in [0.3, 0.4) is 0 Å². The summed E-state index contributed by atoms with van der Waals surface area (Å²) in [5, 5.41) is 28.4. The number of carboxylic acids is 2. The maximum Gasteiger partial charge on any atom is 0.324 e. The van der Waals surface area contributed by atoms with Crippen molar-refractivity contribution in [1.82, 2.24) is 44.6 Å². The molecule has 0 spiro atoms. The fraction of sp³-hybridized carbons (Fsp3) is 0.500. The number of aliphatic carboxylic acids is 2. The van der Waals surface area contributed by atoms with Crippen LogP contribution in [0, 0.1) is 36.9 Å². The maximum absolute atomic E-state index is 12.3. The first-order valence-corrected chi connectivity index (χ1v) is 15.0. The van der Waals surface area contributed by atoms with Crippen LogP contribution in [0.15, 0.2) is 42.6 Å². The van der Waals surface area contributed by atoms with Crippen molar-refractivity contribution in [2.24, 2.45) is 0 Å². The zero-order valence-electron chi connectivity index (χ0n) is 25.6. The number of rotatable bonds is 7. The van der Waals surface area contributed by atoms with Gasteiger partial charge in [0.1, 0.15) is 24.4 Å². The number of pyridine rings is 2. The molecule has 255 valence electrons. The minimum Gasteiger partial charge on any atom is -0.480 e. The molecular formula is C30H39LuN9O6. The summed E-state index contributed by atoms with van der Waals surface area (Å²) in [6.45, 7) is 6.82. The van der Waals surface area contributed by atoms with Crippen LogP contribution in [0.25, 0.3) is 11.4 Å². The van der Waals surface area contributed by atoms with Crippen molar-refractivity contribution >= 4 is 18.4 Å². The molecule has 1 saturated heterocycles. The molecule has 6 bridgehead atoms. The quantitative estimate of drug-likeness (QED) is 0.309. The minimum atomic E-state index is -1.07. The number of carbonyl (C=O) groups excluding carboxylic acids is 1. The molecule has 1 fully saturated rings. The predicted molar refractivity (Wildman–Crippen MR) is 161 cm³/mol. The van der Waals surface area contributed by atoms with E-state index in [0.717, 1.165) is 22.8 Å². The van der Waals surface area contributed by atoms with Gasteiger partial charge in [-0.15, -0.1) is 5.10 Å². The Morgan fingerprint density at radius 2 is 1.39 bits per heavy atom. The molecule has 2 unspecified atom stereocenters. The third-order valence-corrected chi connectivity index (χ3v) is 8.40. The van der Waals surface area contributed by atoms with Crippen LogP contribution in [0.4, 0.5) is 0 Å². The molecule has 1 radical (unpaired) electrons. The van der Waals surface area contributed by atoms with Gasteiger partial charge < -0.3 is 14.9 Å². The van der Waals surface area contributed by atoms with Gasteiger partial charge in [0, 0.05) is 102 Å². The number of carboxylic acid groups (broad SMARTS) is 2. The van der Waals surface area contributed by atoms with Gasteiger partial charge in [-0.2, -0.15) is 0 Å². The first-order valence-electron chi connectivity index (χ1n) is 15.0. The normalized spacial score (nSPS) is 21.1. The molecule has 0 amide bonds. The smallest absolute Gasteiger partial charge is 0.324 e. The summed E-state index contributed by atoms with van der Waals surface area (Å²) in [5.74, 6) is -1.96. The van der Waals surface area contributed by atoms with E-state index in [0.29, 0.717) is 77.7 Å². The number of carbonyl (C=O) groups is 3. The Kier molecular flexibility index (Phi) is 13.4. The zero-order valence-corrected chi connectivity index (χ0v) is 27.2. The molecular weight excluding hydrogens is 757 g/mol. The number of fused-ring (bicyclic) bond motifs is 8. The molecule has 2 N–H and O–H groups in total. The molecule has 0 aliphatic carbocycles. The van der Waals surface area contributed by atoms with Crippen LogP contribution >= 0.6 is 0 Å². The van der Waals surface area contributed by atoms with Crippen LogP contribution < -0.4 is 0 Å². The summed E-state index contributed by atoms with van der Waals surface area (Å²) in [4.78, 5) is 53.4. The van der Waals surface area contributed by atoms with Crippen LogP contribution in [0.1, 0.15) is 24.0 Å². The molecule has 4 atom stereocenters. The Balaban J connectivity index is 0.00000480. The number of hydrogen-bond donors (Lipinski definition) is 2. The van der Waals surface area contributed by atoms with Crippen molar-refractivity contribution < 1.29 is 66.2 Å². The number of ether oxygens (including phenoxy) is 1. The van der Waals surface area contributed by atoms with Gasteiger partial charge in [0.15, 0.2) is 0 Å². The maximum atomic E-state index is 12.3. The Bertz CT molecular complexity index is 1480. The molecule has 3 aromatic heterocycles. The third-order valence-electron chi connectivity index (χ3n) is 8.40. The first-order chi connectivity index (χ1) is 21.8. The van der Waals surface area contributed by atoms with Crippen LogP contribution in [0.2, 0.25) is 0 Å². The minimum absolute atomic E-state index is 0. The van der Waals surface area contributed by atoms with Crippen molar-refractivity contribution in [3.63, 3.8) is 0 Å². The monoisotopic (exact) mass is 796 g/mol. The van der Waals surface area contributed by atoms with Crippen molar-refractivity contribution in [2.75, 3.05) is 59.0 Å². The summed E-state index contributed by atoms with van der Waals surface area (Å²) in [5.41, 5.74) is 3.87. The Hall–Kier alpha value is -3.08. The summed E-state index contributed by atoms with van der Waals surface area (Å²) in [6, 6.07) is 9.87. The van der Waals surface area contributed by atoms with E-state index in [2.05, 4.69) is 20.1 Å². The van der Waals surface area contributed by atoms with Gasteiger partial charge >= 0.3 is 11.9 Å². The van der Waals surface area contributed by atoms with Gasteiger partial charge in [0.2, 0.25) is 0 Å². The van der Waals surface area contributed by atoms with E-state index in [9.17, 15) is 24.6 Å². The molecule has 0 aromatic carbocycles. The van der Waals surface area contributed by atoms with Crippen molar-refractivity contribution in [3.05, 3.63) is 59.7 Å². The molecule has 0 saturated carbocycles. The number of nitrogens with zero attached hydrogens (tertiary/aromatic N) is 9. The Morgan fingerprint density at radius 1 is 0.826 bits per heavy atom. The summed E-state index contributed by atoms with van der Waals surface area (Å²) >= 11 is 0. The Morgan fingerprint density at radius 3 is 1.98 bits per heavy atom. The van der Waals surface area contributed by atoms with E-state index in [1.54, 1.807) is 17.8 Å². The van der Waals surface area contributed by atoms with Gasteiger partial charge in [0.25, 0.3) is 6.47 Å². The molecule has 46 heavy (non-hydrogen) atoms. The standard InChI is InChI=1S/C30H39N9O6.Lu/c1-22(29(41)42)37-12-8-35-10-14-38(28(30(43)44)20-45-21-40)15-11-36(9-13-37)18-24-6-3-7-26(33-24)27-16-31-34-39(27)19-25-5-2-4-23(17-35)32-25;/h2-7,16,21-22,28H,8-15,17-20H2,1H3,(H,41,42)(H,43,44);/t22-,28-;/m1./s1. The number of aromatic nitrogens is 5. The van der Waals surface area contributed by atoms with Crippen molar-refractivity contribution in [1.29, 1.82) is 0 Å². The predicted octanol–water partition coefficient (Wildman–Crippen LogP) is 0.118. The van der Waals surface area contributed by atoms with Crippen LogP contribution in [-0.2, 0) is 38.8 Å². The van der Waals surface area contributed by atoms with Gasteiger partial charge in [0.05, 0.1) is 35.5 Å². The molecule has 6 heterocycles. The Labute approximate surface area is 296 Å². The second-order valence-corrected chi connectivity index (χ2v) is 11.3. The molecule has 15 nitrogen and oxygen atoms in total. The van der Waals surface area contributed by atoms with Crippen LogP contribution in [0.5, 0.6) is 0 Å². The second-order valence-electron chi connectivity index (χ2n) is 11.3. The fourth-order valence-corrected chi connectivity index (χ4v) is 5.76. The molecule has 16 heteroatoms. The van der Waals surface area contributed by atoms with E-state index in [-0.39, 0.29) is 50.0 Å². The van der Waals surface area contributed by atoms with E-state index in [1.165, 1.54) is 0 Å².